The van der Waals surface area contributed by atoms with E-state index in [1.54, 1.807) is 18.2 Å². The number of carbonyl (C=O) groups is 1. The number of halogens is 2. The Morgan fingerprint density at radius 3 is 2.55 bits per heavy atom. The monoisotopic (exact) mass is 348 g/mol. The van der Waals surface area contributed by atoms with Crippen LogP contribution in [0.1, 0.15) is 11.1 Å². The standard InChI is InChI=1S/C15H10BrClN2O/c16-12-4-1-10(2-5-12)7-15(20)19-13-6-3-11(9-18)14(17)8-13/h1-6,8H,7H2,(H,19,20). The lowest BCUT2D eigenvalue weighted by Gasteiger charge is -2.06. The van der Waals surface area contributed by atoms with Gasteiger partial charge in [-0.1, -0.05) is 39.7 Å². The molecule has 0 saturated heterocycles. The first-order chi connectivity index (χ1) is 9.58. The largest absolute Gasteiger partial charge is 0.326 e. The molecule has 0 heterocycles. The lowest BCUT2D eigenvalue weighted by molar-refractivity contribution is -0.115. The Morgan fingerprint density at radius 1 is 1.25 bits per heavy atom. The Labute approximate surface area is 130 Å². The van der Waals surface area contributed by atoms with E-state index >= 15 is 0 Å². The summed E-state index contributed by atoms with van der Waals surface area (Å²) in [6.45, 7) is 0. The van der Waals surface area contributed by atoms with E-state index in [0.29, 0.717) is 16.3 Å². The van der Waals surface area contributed by atoms with Crippen molar-refractivity contribution in [2.24, 2.45) is 0 Å². The van der Waals surface area contributed by atoms with E-state index in [2.05, 4.69) is 21.2 Å². The molecule has 100 valence electrons. The SMILES string of the molecule is N#Cc1ccc(NC(=O)Cc2ccc(Br)cc2)cc1Cl. The van der Waals surface area contributed by atoms with Gasteiger partial charge in [0.25, 0.3) is 0 Å². The Morgan fingerprint density at radius 2 is 1.95 bits per heavy atom. The molecular formula is C15H10BrClN2O. The van der Waals surface area contributed by atoms with Crippen molar-refractivity contribution in [3.63, 3.8) is 0 Å². The maximum absolute atomic E-state index is 11.9. The number of hydrogen-bond acceptors (Lipinski definition) is 2. The van der Waals surface area contributed by atoms with Crippen molar-refractivity contribution in [3.05, 3.63) is 63.1 Å². The van der Waals surface area contributed by atoms with Gasteiger partial charge in [0.1, 0.15) is 6.07 Å². The van der Waals surface area contributed by atoms with Crippen LogP contribution in [0.3, 0.4) is 0 Å². The van der Waals surface area contributed by atoms with Gasteiger partial charge in [0.05, 0.1) is 17.0 Å². The third-order valence-corrected chi connectivity index (χ3v) is 3.49. The van der Waals surface area contributed by atoms with Gasteiger partial charge >= 0.3 is 0 Å². The molecule has 2 aromatic rings. The summed E-state index contributed by atoms with van der Waals surface area (Å²) in [7, 11) is 0. The van der Waals surface area contributed by atoms with Crippen LogP contribution in [0.4, 0.5) is 5.69 Å². The van der Waals surface area contributed by atoms with Gasteiger partial charge in [0.15, 0.2) is 0 Å². The van der Waals surface area contributed by atoms with Crippen LogP contribution in [0.5, 0.6) is 0 Å². The second kappa shape index (κ2) is 6.56. The molecule has 0 aliphatic rings. The second-order valence-electron chi connectivity index (χ2n) is 4.16. The van der Waals surface area contributed by atoms with Crippen LogP contribution in [0.25, 0.3) is 0 Å². The Hall–Kier alpha value is -1.83. The van der Waals surface area contributed by atoms with Crippen molar-refractivity contribution < 1.29 is 4.79 Å². The van der Waals surface area contributed by atoms with Crippen LogP contribution in [0.2, 0.25) is 5.02 Å². The molecule has 0 fully saturated rings. The normalized spacial score (nSPS) is 9.85. The van der Waals surface area contributed by atoms with Crippen molar-refractivity contribution in [1.82, 2.24) is 0 Å². The summed E-state index contributed by atoms with van der Waals surface area (Å²) < 4.78 is 0.973. The molecule has 0 aliphatic carbocycles. The molecule has 0 unspecified atom stereocenters. The van der Waals surface area contributed by atoms with Gasteiger partial charge in [0.2, 0.25) is 5.91 Å². The smallest absolute Gasteiger partial charge is 0.228 e. The zero-order valence-corrected chi connectivity index (χ0v) is 12.7. The molecule has 5 heteroatoms. The molecule has 1 N–H and O–H groups in total. The zero-order chi connectivity index (χ0) is 14.5. The molecule has 0 aliphatic heterocycles. The van der Waals surface area contributed by atoms with E-state index in [1.807, 2.05) is 30.3 Å². The topological polar surface area (TPSA) is 52.9 Å². The first-order valence-corrected chi connectivity index (χ1v) is 6.99. The number of nitriles is 1. The van der Waals surface area contributed by atoms with Crippen molar-refractivity contribution in [2.45, 2.75) is 6.42 Å². The van der Waals surface area contributed by atoms with Crippen molar-refractivity contribution in [1.29, 1.82) is 5.26 Å². The van der Waals surface area contributed by atoms with E-state index < -0.39 is 0 Å². The molecule has 20 heavy (non-hydrogen) atoms. The van der Waals surface area contributed by atoms with Gasteiger partial charge in [-0.2, -0.15) is 5.26 Å². The van der Waals surface area contributed by atoms with Crippen molar-refractivity contribution >= 4 is 39.1 Å². The van der Waals surface area contributed by atoms with Gasteiger partial charge in [-0.15, -0.1) is 0 Å². The average Bonchev–Trinajstić information content (AvgIpc) is 2.41. The lowest BCUT2D eigenvalue weighted by atomic mass is 10.1. The highest BCUT2D eigenvalue weighted by Crippen LogP contribution is 2.20. The maximum Gasteiger partial charge on any atom is 0.228 e. The predicted octanol–water partition coefficient (Wildman–Crippen LogP) is 4.16. The maximum atomic E-state index is 11.9. The van der Waals surface area contributed by atoms with E-state index in [4.69, 9.17) is 16.9 Å². The van der Waals surface area contributed by atoms with Gasteiger partial charge in [0, 0.05) is 10.2 Å². The third kappa shape index (κ3) is 3.83. The van der Waals surface area contributed by atoms with E-state index in [9.17, 15) is 4.79 Å². The van der Waals surface area contributed by atoms with Crippen LogP contribution in [-0.4, -0.2) is 5.91 Å². The zero-order valence-electron chi connectivity index (χ0n) is 10.4. The first kappa shape index (κ1) is 14.6. The summed E-state index contributed by atoms with van der Waals surface area (Å²) >= 11 is 9.26. The third-order valence-electron chi connectivity index (χ3n) is 2.65. The molecule has 2 aromatic carbocycles. The molecule has 2 rings (SSSR count). The number of carbonyl (C=O) groups excluding carboxylic acids is 1. The van der Waals surface area contributed by atoms with E-state index in [1.165, 1.54) is 0 Å². The molecule has 0 atom stereocenters. The summed E-state index contributed by atoms with van der Waals surface area (Å²) in [6.07, 6.45) is 0.283. The fraction of sp³-hybridized carbons (Fsp3) is 0.0667. The minimum Gasteiger partial charge on any atom is -0.326 e. The molecule has 0 radical (unpaired) electrons. The summed E-state index contributed by atoms with van der Waals surface area (Å²) in [4.78, 5) is 11.9. The highest BCUT2D eigenvalue weighted by molar-refractivity contribution is 9.10. The summed E-state index contributed by atoms with van der Waals surface area (Å²) in [5.74, 6) is -0.131. The molecule has 1 amide bonds. The molecule has 0 aromatic heterocycles. The number of anilines is 1. The molecular weight excluding hydrogens is 340 g/mol. The quantitative estimate of drug-likeness (QED) is 0.905. The van der Waals surface area contributed by atoms with E-state index in [-0.39, 0.29) is 12.3 Å². The van der Waals surface area contributed by atoms with Crippen molar-refractivity contribution in [2.75, 3.05) is 5.32 Å². The summed E-state index contributed by atoms with van der Waals surface area (Å²) in [6, 6.07) is 14.3. The summed E-state index contributed by atoms with van der Waals surface area (Å²) in [5, 5.41) is 11.9. The van der Waals surface area contributed by atoms with Crippen LogP contribution in [0, 0.1) is 11.3 Å². The Kier molecular flexibility index (Phi) is 4.78. The molecule has 3 nitrogen and oxygen atoms in total. The van der Waals surface area contributed by atoms with Gasteiger partial charge in [-0.25, -0.2) is 0 Å². The Balaban J connectivity index is 2.03. The summed E-state index contributed by atoms with van der Waals surface area (Å²) in [5.41, 5.74) is 1.89. The van der Waals surface area contributed by atoms with Gasteiger partial charge in [-0.05, 0) is 35.9 Å². The second-order valence-corrected chi connectivity index (χ2v) is 5.48. The van der Waals surface area contributed by atoms with Gasteiger partial charge < -0.3 is 5.32 Å². The molecule has 0 saturated carbocycles. The molecule has 0 bridgehead atoms. The molecule has 0 spiro atoms. The highest BCUT2D eigenvalue weighted by atomic mass is 79.9. The number of hydrogen-bond donors (Lipinski definition) is 1. The number of amides is 1. The van der Waals surface area contributed by atoms with Crippen LogP contribution in [0.15, 0.2) is 46.9 Å². The van der Waals surface area contributed by atoms with Gasteiger partial charge in [-0.3, -0.25) is 4.79 Å². The minimum absolute atomic E-state index is 0.131. The highest BCUT2D eigenvalue weighted by Gasteiger charge is 2.06. The Bertz CT molecular complexity index is 677. The predicted molar refractivity (Wildman–Crippen MR) is 82.6 cm³/mol. The van der Waals surface area contributed by atoms with E-state index in [0.717, 1.165) is 10.0 Å². The number of benzene rings is 2. The minimum atomic E-state index is -0.131. The lowest BCUT2D eigenvalue weighted by Crippen LogP contribution is -2.14. The van der Waals surface area contributed by atoms with Crippen LogP contribution >= 0.6 is 27.5 Å². The fourth-order valence-corrected chi connectivity index (χ4v) is 2.16. The van der Waals surface area contributed by atoms with Crippen molar-refractivity contribution in [3.8, 4) is 6.07 Å². The average molecular weight is 350 g/mol. The van der Waals surface area contributed by atoms with Crippen LogP contribution < -0.4 is 5.32 Å². The fourth-order valence-electron chi connectivity index (χ4n) is 1.68. The first-order valence-electron chi connectivity index (χ1n) is 5.82. The number of nitrogens with zero attached hydrogens (tertiary/aromatic N) is 1. The number of rotatable bonds is 3. The number of nitrogens with one attached hydrogen (secondary N) is 1. The van der Waals surface area contributed by atoms with Crippen LogP contribution in [-0.2, 0) is 11.2 Å².